The number of nitriles is 1. The fraction of sp³-hybridized carbons (Fsp3) is 0.190. The number of guanidine groups is 1. The van der Waals surface area contributed by atoms with Crippen molar-refractivity contribution in [3.63, 3.8) is 0 Å². The number of imidazole rings is 1. The van der Waals surface area contributed by atoms with Crippen molar-refractivity contribution < 1.29 is 4.39 Å². The number of nitrogens with zero attached hydrogens (tertiary/aromatic N) is 4. The molecule has 0 radical (unpaired) electrons. The second kappa shape index (κ2) is 8.82. The topological polar surface area (TPSA) is 80.1 Å². The number of aliphatic imine (C=N–C) groups is 1. The van der Waals surface area contributed by atoms with Crippen molar-refractivity contribution in [2.45, 2.75) is 13.1 Å². The molecular formula is C21H21FN6. The molecule has 3 aromatic rings. The van der Waals surface area contributed by atoms with E-state index in [-0.39, 0.29) is 6.54 Å². The standard InChI is InChI=1S/C21H21FN6/c1-24-21(26-12-17-9-8-15(11-23)10-18(17)22)28(2)14-20-25-13-19(27-20)16-6-4-3-5-7-16/h3-10,13H,12,14H2,1-2H3,(H,24,26)(H,25,27). The summed E-state index contributed by atoms with van der Waals surface area (Å²) in [5.74, 6) is 0.999. The fourth-order valence-electron chi connectivity index (χ4n) is 2.83. The minimum Gasteiger partial charge on any atom is -0.352 e. The molecule has 0 aliphatic heterocycles. The first kappa shape index (κ1) is 19.1. The third kappa shape index (κ3) is 4.54. The number of benzene rings is 2. The third-order valence-corrected chi connectivity index (χ3v) is 4.29. The van der Waals surface area contributed by atoms with Crippen LogP contribution in [0.15, 0.2) is 59.7 Å². The number of hydrogen-bond acceptors (Lipinski definition) is 3. The molecule has 0 aliphatic rings. The van der Waals surface area contributed by atoms with E-state index in [1.165, 1.54) is 6.07 Å². The molecule has 1 heterocycles. The van der Waals surface area contributed by atoms with E-state index in [2.05, 4.69) is 20.3 Å². The molecule has 7 heteroatoms. The highest BCUT2D eigenvalue weighted by atomic mass is 19.1. The molecule has 2 N–H and O–H groups in total. The maximum Gasteiger partial charge on any atom is 0.194 e. The summed E-state index contributed by atoms with van der Waals surface area (Å²) in [7, 11) is 3.56. The van der Waals surface area contributed by atoms with Gasteiger partial charge in [-0.25, -0.2) is 9.37 Å². The summed E-state index contributed by atoms with van der Waals surface area (Å²) in [5, 5.41) is 12.0. The van der Waals surface area contributed by atoms with Crippen molar-refractivity contribution in [1.82, 2.24) is 20.2 Å². The van der Waals surface area contributed by atoms with Gasteiger partial charge < -0.3 is 15.2 Å². The molecule has 0 amide bonds. The van der Waals surface area contributed by atoms with E-state index in [4.69, 9.17) is 5.26 Å². The first-order valence-corrected chi connectivity index (χ1v) is 8.80. The van der Waals surface area contributed by atoms with Gasteiger partial charge in [-0.1, -0.05) is 36.4 Å². The van der Waals surface area contributed by atoms with E-state index in [0.29, 0.717) is 23.6 Å². The number of halogens is 1. The lowest BCUT2D eigenvalue weighted by Crippen LogP contribution is -2.38. The lowest BCUT2D eigenvalue weighted by molar-refractivity contribution is 0.462. The Labute approximate surface area is 163 Å². The summed E-state index contributed by atoms with van der Waals surface area (Å²) in [6, 6.07) is 16.3. The van der Waals surface area contributed by atoms with Gasteiger partial charge in [-0.05, 0) is 17.7 Å². The van der Waals surface area contributed by atoms with Crippen molar-refractivity contribution >= 4 is 5.96 Å². The molecular weight excluding hydrogens is 355 g/mol. The van der Waals surface area contributed by atoms with E-state index in [1.54, 1.807) is 25.4 Å². The van der Waals surface area contributed by atoms with Crippen LogP contribution < -0.4 is 5.32 Å². The van der Waals surface area contributed by atoms with Crippen LogP contribution in [0.5, 0.6) is 0 Å². The van der Waals surface area contributed by atoms with Gasteiger partial charge in [-0.15, -0.1) is 0 Å². The van der Waals surface area contributed by atoms with Crippen molar-refractivity contribution in [2.75, 3.05) is 14.1 Å². The van der Waals surface area contributed by atoms with Crippen LogP contribution in [0.1, 0.15) is 17.0 Å². The monoisotopic (exact) mass is 376 g/mol. The zero-order valence-corrected chi connectivity index (χ0v) is 15.8. The van der Waals surface area contributed by atoms with Crippen LogP contribution in [-0.4, -0.2) is 34.9 Å². The molecule has 6 nitrogen and oxygen atoms in total. The highest BCUT2D eigenvalue weighted by Crippen LogP contribution is 2.16. The average molecular weight is 376 g/mol. The summed E-state index contributed by atoms with van der Waals surface area (Å²) in [5.41, 5.74) is 2.79. The Balaban J connectivity index is 1.62. The number of rotatable bonds is 5. The van der Waals surface area contributed by atoms with Gasteiger partial charge >= 0.3 is 0 Å². The Bertz CT molecular complexity index is 1000. The Hall–Kier alpha value is -3.66. The second-order valence-electron chi connectivity index (χ2n) is 6.28. The predicted molar refractivity (Wildman–Crippen MR) is 107 cm³/mol. The zero-order chi connectivity index (χ0) is 19.9. The lowest BCUT2D eigenvalue weighted by atomic mass is 10.1. The van der Waals surface area contributed by atoms with Crippen molar-refractivity contribution in [2.24, 2.45) is 4.99 Å². The van der Waals surface area contributed by atoms with Crippen molar-refractivity contribution in [3.05, 3.63) is 77.5 Å². The maximum absolute atomic E-state index is 14.0. The van der Waals surface area contributed by atoms with E-state index >= 15 is 0 Å². The molecule has 0 atom stereocenters. The van der Waals surface area contributed by atoms with Gasteiger partial charge in [-0.3, -0.25) is 4.99 Å². The van der Waals surface area contributed by atoms with E-state index < -0.39 is 5.82 Å². The predicted octanol–water partition coefficient (Wildman–Crippen LogP) is 3.29. The molecule has 0 bridgehead atoms. The number of hydrogen-bond donors (Lipinski definition) is 2. The smallest absolute Gasteiger partial charge is 0.194 e. The number of nitrogens with one attached hydrogen (secondary N) is 2. The molecule has 0 fully saturated rings. The zero-order valence-electron chi connectivity index (χ0n) is 15.8. The molecule has 0 saturated heterocycles. The second-order valence-corrected chi connectivity index (χ2v) is 6.28. The Kier molecular flexibility index (Phi) is 6.02. The highest BCUT2D eigenvalue weighted by molar-refractivity contribution is 5.79. The normalized spacial score (nSPS) is 11.1. The van der Waals surface area contributed by atoms with Crippen LogP contribution in [0.4, 0.5) is 4.39 Å². The third-order valence-electron chi connectivity index (χ3n) is 4.29. The minimum absolute atomic E-state index is 0.266. The van der Waals surface area contributed by atoms with E-state index in [1.807, 2.05) is 48.3 Å². The summed E-state index contributed by atoms with van der Waals surface area (Å²) in [4.78, 5) is 13.9. The SMILES string of the molecule is CN=C(NCc1ccc(C#N)cc1F)N(C)Cc1ncc(-c2ccccc2)[nH]1. The van der Waals surface area contributed by atoms with Crippen LogP contribution in [0.2, 0.25) is 0 Å². The molecule has 0 unspecified atom stereocenters. The number of aromatic nitrogens is 2. The first-order valence-electron chi connectivity index (χ1n) is 8.80. The number of H-pyrrole nitrogens is 1. The Morgan fingerprint density at radius 2 is 2.07 bits per heavy atom. The van der Waals surface area contributed by atoms with Crippen LogP contribution in [0.3, 0.4) is 0 Å². The summed E-state index contributed by atoms with van der Waals surface area (Å²) in [6.45, 7) is 0.782. The molecule has 28 heavy (non-hydrogen) atoms. The maximum atomic E-state index is 14.0. The van der Waals surface area contributed by atoms with Crippen molar-refractivity contribution in [1.29, 1.82) is 5.26 Å². The molecule has 0 spiro atoms. The van der Waals surface area contributed by atoms with Gasteiger partial charge in [0.2, 0.25) is 0 Å². The Morgan fingerprint density at radius 1 is 1.29 bits per heavy atom. The molecule has 0 aliphatic carbocycles. The molecule has 2 aromatic carbocycles. The minimum atomic E-state index is -0.414. The summed E-state index contributed by atoms with van der Waals surface area (Å²) in [6.07, 6.45) is 1.81. The molecule has 142 valence electrons. The van der Waals surface area contributed by atoms with Crippen LogP contribution in [0.25, 0.3) is 11.3 Å². The van der Waals surface area contributed by atoms with Crippen LogP contribution >= 0.6 is 0 Å². The fourth-order valence-corrected chi connectivity index (χ4v) is 2.83. The van der Waals surface area contributed by atoms with Gasteiger partial charge in [-0.2, -0.15) is 5.26 Å². The van der Waals surface area contributed by atoms with Gasteiger partial charge in [0.15, 0.2) is 5.96 Å². The molecule has 1 aromatic heterocycles. The molecule has 0 saturated carbocycles. The van der Waals surface area contributed by atoms with Crippen LogP contribution in [0, 0.1) is 17.1 Å². The van der Waals surface area contributed by atoms with E-state index in [9.17, 15) is 4.39 Å². The quantitative estimate of drug-likeness (QED) is 0.529. The van der Waals surface area contributed by atoms with Gasteiger partial charge in [0.1, 0.15) is 11.6 Å². The van der Waals surface area contributed by atoms with Gasteiger partial charge in [0.05, 0.1) is 30.1 Å². The summed E-state index contributed by atoms with van der Waals surface area (Å²) >= 11 is 0. The molecule has 3 rings (SSSR count). The summed E-state index contributed by atoms with van der Waals surface area (Å²) < 4.78 is 14.0. The first-order chi connectivity index (χ1) is 13.6. The average Bonchev–Trinajstić information content (AvgIpc) is 3.18. The van der Waals surface area contributed by atoms with Crippen LogP contribution in [-0.2, 0) is 13.1 Å². The number of aromatic amines is 1. The van der Waals surface area contributed by atoms with Gasteiger partial charge in [0.25, 0.3) is 0 Å². The lowest BCUT2D eigenvalue weighted by Gasteiger charge is -2.21. The Morgan fingerprint density at radius 3 is 2.75 bits per heavy atom. The van der Waals surface area contributed by atoms with Gasteiger partial charge in [0, 0.05) is 26.2 Å². The van der Waals surface area contributed by atoms with Crippen molar-refractivity contribution in [3.8, 4) is 17.3 Å². The largest absolute Gasteiger partial charge is 0.352 e. The van der Waals surface area contributed by atoms with E-state index in [0.717, 1.165) is 17.1 Å². The highest BCUT2D eigenvalue weighted by Gasteiger charge is 2.11.